The summed E-state index contributed by atoms with van der Waals surface area (Å²) in [6, 6.07) is 1.27. The Labute approximate surface area is 88.4 Å². The molecule has 1 aliphatic carbocycles. The fourth-order valence-corrected chi connectivity index (χ4v) is 2.40. The topological polar surface area (TPSA) is 21.3 Å². The van der Waals surface area contributed by atoms with Crippen molar-refractivity contribution in [2.75, 3.05) is 7.11 Å². The van der Waals surface area contributed by atoms with Crippen molar-refractivity contribution in [1.82, 2.24) is 5.32 Å². The second-order valence-electron chi connectivity index (χ2n) is 4.35. The number of hydrogen-bond donors (Lipinski definition) is 1. The van der Waals surface area contributed by atoms with Crippen LogP contribution in [0.5, 0.6) is 0 Å². The third kappa shape index (κ3) is 3.25. The van der Waals surface area contributed by atoms with Crippen LogP contribution in [0.15, 0.2) is 0 Å². The lowest BCUT2D eigenvalue weighted by Gasteiger charge is -2.33. The lowest BCUT2D eigenvalue weighted by Crippen LogP contribution is -2.47. The number of nitrogens with one attached hydrogen (secondary N) is 1. The van der Waals surface area contributed by atoms with Crippen LogP contribution < -0.4 is 5.32 Å². The van der Waals surface area contributed by atoms with Gasteiger partial charge in [0, 0.05) is 19.2 Å². The minimum absolute atomic E-state index is 0.448. The molecule has 1 rings (SSSR count). The Kier molecular flexibility index (Phi) is 5.49. The van der Waals surface area contributed by atoms with E-state index in [0.29, 0.717) is 18.2 Å². The average molecular weight is 199 g/mol. The Morgan fingerprint density at radius 2 is 1.86 bits per heavy atom. The fraction of sp³-hybridized carbons (Fsp3) is 1.00. The maximum absolute atomic E-state index is 5.53. The van der Waals surface area contributed by atoms with Crippen LogP contribution >= 0.6 is 0 Å². The summed E-state index contributed by atoms with van der Waals surface area (Å²) in [7, 11) is 1.84. The molecule has 0 aromatic heterocycles. The van der Waals surface area contributed by atoms with Crippen LogP contribution in [-0.2, 0) is 4.74 Å². The summed E-state index contributed by atoms with van der Waals surface area (Å²) in [5.74, 6) is 0. The molecule has 0 aromatic rings. The molecule has 2 atom stereocenters. The first-order chi connectivity index (χ1) is 6.81. The SMILES string of the molecule is CCC(CC)N[C@H]1CCCC[C@@H]1OC. The van der Waals surface area contributed by atoms with Gasteiger partial charge >= 0.3 is 0 Å². The Hall–Kier alpha value is -0.0800. The zero-order chi connectivity index (χ0) is 10.4. The summed E-state index contributed by atoms with van der Waals surface area (Å²) in [5.41, 5.74) is 0. The predicted molar refractivity (Wildman–Crippen MR) is 60.6 cm³/mol. The first-order valence-corrected chi connectivity index (χ1v) is 6.10. The smallest absolute Gasteiger partial charge is 0.0724 e. The predicted octanol–water partition coefficient (Wildman–Crippen LogP) is 2.72. The third-order valence-corrected chi connectivity index (χ3v) is 3.44. The van der Waals surface area contributed by atoms with Crippen molar-refractivity contribution in [3.8, 4) is 0 Å². The normalized spacial score (nSPS) is 28.3. The molecule has 1 fully saturated rings. The van der Waals surface area contributed by atoms with Crippen molar-refractivity contribution in [2.24, 2.45) is 0 Å². The van der Waals surface area contributed by atoms with E-state index >= 15 is 0 Å². The van der Waals surface area contributed by atoms with Crippen LogP contribution in [0.2, 0.25) is 0 Å². The van der Waals surface area contributed by atoms with Gasteiger partial charge in [-0.25, -0.2) is 0 Å². The van der Waals surface area contributed by atoms with Gasteiger partial charge in [0.1, 0.15) is 0 Å². The molecule has 0 aliphatic heterocycles. The van der Waals surface area contributed by atoms with Crippen LogP contribution in [0, 0.1) is 0 Å². The molecule has 0 aromatic carbocycles. The minimum atomic E-state index is 0.448. The lowest BCUT2D eigenvalue weighted by atomic mass is 9.91. The summed E-state index contributed by atoms with van der Waals surface area (Å²) in [5, 5.41) is 3.73. The van der Waals surface area contributed by atoms with E-state index in [2.05, 4.69) is 19.2 Å². The van der Waals surface area contributed by atoms with Gasteiger partial charge in [-0.3, -0.25) is 0 Å². The van der Waals surface area contributed by atoms with Gasteiger partial charge in [0.05, 0.1) is 6.10 Å². The summed E-state index contributed by atoms with van der Waals surface area (Å²) < 4.78 is 5.53. The average Bonchev–Trinajstić information content (AvgIpc) is 2.26. The first-order valence-electron chi connectivity index (χ1n) is 6.10. The highest BCUT2D eigenvalue weighted by Gasteiger charge is 2.25. The first kappa shape index (κ1) is 12.0. The molecule has 0 saturated heterocycles. The van der Waals surface area contributed by atoms with Crippen molar-refractivity contribution in [3.63, 3.8) is 0 Å². The Morgan fingerprint density at radius 3 is 2.43 bits per heavy atom. The van der Waals surface area contributed by atoms with E-state index in [-0.39, 0.29) is 0 Å². The molecule has 14 heavy (non-hydrogen) atoms. The third-order valence-electron chi connectivity index (χ3n) is 3.44. The molecule has 0 amide bonds. The van der Waals surface area contributed by atoms with Gasteiger partial charge in [0.2, 0.25) is 0 Å². The maximum atomic E-state index is 5.53. The highest BCUT2D eigenvalue weighted by Crippen LogP contribution is 2.21. The number of ether oxygens (including phenoxy) is 1. The van der Waals surface area contributed by atoms with E-state index < -0.39 is 0 Å². The molecule has 0 spiro atoms. The Morgan fingerprint density at radius 1 is 1.21 bits per heavy atom. The molecule has 84 valence electrons. The van der Waals surface area contributed by atoms with Crippen molar-refractivity contribution in [2.45, 2.75) is 70.6 Å². The van der Waals surface area contributed by atoms with Crippen molar-refractivity contribution < 1.29 is 4.74 Å². The fourth-order valence-electron chi connectivity index (χ4n) is 2.40. The van der Waals surface area contributed by atoms with Gasteiger partial charge in [-0.1, -0.05) is 26.7 Å². The van der Waals surface area contributed by atoms with Crippen molar-refractivity contribution in [1.29, 1.82) is 0 Å². The van der Waals surface area contributed by atoms with Gasteiger partial charge < -0.3 is 10.1 Å². The molecule has 1 N–H and O–H groups in total. The summed E-state index contributed by atoms with van der Waals surface area (Å²) in [4.78, 5) is 0. The van der Waals surface area contributed by atoms with Crippen molar-refractivity contribution >= 4 is 0 Å². The van der Waals surface area contributed by atoms with Gasteiger partial charge in [-0.15, -0.1) is 0 Å². The largest absolute Gasteiger partial charge is 0.380 e. The van der Waals surface area contributed by atoms with Gasteiger partial charge in [0.15, 0.2) is 0 Å². The summed E-state index contributed by atoms with van der Waals surface area (Å²) in [6.07, 6.45) is 8.11. The molecule has 2 heteroatoms. The highest BCUT2D eigenvalue weighted by molar-refractivity contribution is 4.83. The quantitative estimate of drug-likeness (QED) is 0.735. The Bertz CT molecular complexity index is 145. The second-order valence-corrected chi connectivity index (χ2v) is 4.35. The molecule has 1 aliphatic rings. The zero-order valence-corrected chi connectivity index (χ0v) is 9.88. The van der Waals surface area contributed by atoms with Crippen LogP contribution in [0.4, 0.5) is 0 Å². The lowest BCUT2D eigenvalue weighted by molar-refractivity contribution is 0.0373. The molecule has 0 heterocycles. The molecule has 0 unspecified atom stereocenters. The minimum Gasteiger partial charge on any atom is -0.380 e. The number of rotatable bonds is 5. The van der Waals surface area contributed by atoms with Crippen molar-refractivity contribution in [3.05, 3.63) is 0 Å². The number of methoxy groups -OCH3 is 1. The van der Waals surface area contributed by atoms with Gasteiger partial charge in [-0.05, 0) is 25.7 Å². The molecule has 0 bridgehead atoms. The summed E-state index contributed by atoms with van der Waals surface area (Å²) >= 11 is 0. The molecular weight excluding hydrogens is 174 g/mol. The van der Waals surface area contributed by atoms with E-state index in [9.17, 15) is 0 Å². The summed E-state index contributed by atoms with van der Waals surface area (Å²) in [6.45, 7) is 4.51. The monoisotopic (exact) mass is 199 g/mol. The molecule has 2 nitrogen and oxygen atoms in total. The van der Waals surface area contributed by atoms with E-state index in [0.717, 1.165) is 0 Å². The van der Waals surface area contributed by atoms with E-state index in [1.165, 1.54) is 38.5 Å². The number of hydrogen-bond acceptors (Lipinski definition) is 2. The van der Waals surface area contributed by atoms with Crippen LogP contribution in [-0.4, -0.2) is 25.3 Å². The van der Waals surface area contributed by atoms with E-state index in [1.807, 2.05) is 7.11 Å². The van der Waals surface area contributed by atoms with Crippen LogP contribution in [0.1, 0.15) is 52.4 Å². The molecule has 1 saturated carbocycles. The standard InChI is InChI=1S/C12H25NO/c1-4-10(5-2)13-11-8-6-7-9-12(11)14-3/h10-13H,4-9H2,1-3H3/t11-,12-/m0/s1. The van der Waals surface area contributed by atoms with E-state index in [1.54, 1.807) is 0 Å². The highest BCUT2D eigenvalue weighted by atomic mass is 16.5. The van der Waals surface area contributed by atoms with Crippen LogP contribution in [0.25, 0.3) is 0 Å². The Balaban J connectivity index is 2.39. The van der Waals surface area contributed by atoms with E-state index in [4.69, 9.17) is 4.74 Å². The molecule has 0 radical (unpaired) electrons. The van der Waals surface area contributed by atoms with Gasteiger partial charge in [-0.2, -0.15) is 0 Å². The molecular formula is C12H25NO. The zero-order valence-electron chi connectivity index (χ0n) is 9.88. The maximum Gasteiger partial charge on any atom is 0.0724 e. The van der Waals surface area contributed by atoms with Gasteiger partial charge in [0.25, 0.3) is 0 Å². The van der Waals surface area contributed by atoms with Crippen LogP contribution in [0.3, 0.4) is 0 Å². The second kappa shape index (κ2) is 6.41.